The molecule has 2 unspecified atom stereocenters. The van der Waals surface area contributed by atoms with Gasteiger partial charge in [0.1, 0.15) is 12.6 Å². The molecule has 3 saturated heterocycles. The normalized spacial score (nSPS) is 27.5. The predicted molar refractivity (Wildman–Crippen MR) is 188 cm³/mol. The Kier molecular flexibility index (Phi) is 9.51. The summed E-state index contributed by atoms with van der Waals surface area (Å²) in [5.74, 6) is -2.02. The number of thioether (sulfide) groups is 1. The minimum absolute atomic E-state index is 0.0160. The van der Waals surface area contributed by atoms with Gasteiger partial charge < -0.3 is 41.5 Å². The van der Waals surface area contributed by atoms with Crippen molar-refractivity contribution in [3.8, 4) is 0 Å². The zero-order valence-electron chi connectivity index (χ0n) is 28.3. The summed E-state index contributed by atoms with van der Waals surface area (Å²) in [5, 5.41) is 41.2. The van der Waals surface area contributed by atoms with Crippen LogP contribution in [-0.4, -0.2) is 123 Å². The second-order valence-electron chi connectivity index (χ2n) is 13.4. The molecule has 5 aliphatic heterocycles. The van der Waals surface area contributed by atoms with E-state index in [2.05, 4.69) is 42.2 Å². The molecule has 19 nitrogen and oxygen atoms in total. The molecule has 0 aliphatic carbocycles. The number of ether oxygens (including phenoxy) is 1. The smallest absolute Gasteiger partial charge is 0.407 e. The number of benzene rings is 2. The lowest BCUT2D eigenvalue weighted by atomic mass is 9.87. The molecule has 2 aromatic carbocycles. The number of ketones is 1. The lowest BCUT2D eigenvalue weighted by Gasteiger charge is -2.40. The first kappa shape index (κ1) is 35.8. The number of fused-ring (bicyclic) bond motifs is 1. The summed E-state index contributed by atoms with van der Waals surface area (Å²) in [6, 6.07) is 11.1. The fourth-order valence-electron chi connectivity index (χ4n) is 7.47. The maximum atomic E-state index is 13.1. The van der Waals surface area contributed by atoms with Gasteiger partial charge in [-0.15, -0.1) is 0 Å². The van der Waals surface area contributed by atoms with E-state index in [-0.39, 0.29) is 86.2 Å². The highest BCUT2D eigenvalue weighted by Crippen LogP contribution is 2.37. The number of hydrogen-bond acceptors (Lipinski definition) is 13. The summed E-state index contributed by atoms with van der Waals surface area (Å²) in [6.45, 7) is 0.134. The molecule has 2 aromatic rings. The quantitative estimate of drug-likeness (QED) is 0.0444. The molecule has 3 fully saturated rings. The van der Waals surface area contributed by atoms with E-state index in [1.54, 1.807) is 52.7 Å². The largest absolute Gasteiger partial charge is 0.446 e. The highest BCUT2D eigenvalue weighted by Gasteiger charge is 2.74. The SMILES string of the molecule is NC1=[NH+][C@H]2C(COC(=O)NCc3ccc(C(=O)c4ccc(C(=O)NCNC(=O)CC5SC[C@@H]6NC(=O)N[C@H]56)cc4)cc3)NC(N)=[N+]3CCC(O)(O)[C@]23N1. The summed E-state index contributed by atoms with van der Waals surface area (Å²) < 4.78 is 7.03. The molecule has 14 N–H and O–H groups in total. The van der Waals surface area contributed by atoms with Crippen molar-refractivity contribution in [3.63, 3.8) is 0 Å². The number of hydrogen-bond donors (Lipinski definition) is 12. The van der Waals surface area contributed by atoms with Gasteiger partial charge in [0.2, 0.25) is 11.7 Å². The van der Waals surface area contributed by atoms with Gasteiger partial charge in [0, 0.05) is 47.1 Å². The molecule has 280 valence electrons. The van der Waals surface area contributed by atoms with Crippen LogP contribution in [0.3, 0.4) is 0 Å². The number of guanidine groups is 2. The maximum Gasteiger partial charge on any atom is 0.407 e. The van der Waals surface area contributed by atoms with Gasteiger partial charge in [-0.1, -0.05) is 36.4 Å². The van der Waals surface area contributed by atoms with E-state index in [0.29, 0.717) is 22.3 Å². The zero-order chi connectivity index (χ0) is 37.5. The highest BCUT2D eigenvalue weighted by molar-refractivity contribution is 8.00. The highest BCUT2D eigenvalue weighted by atomic mass is 32.2. The number of alkyl carbamates (subject to hydrolysis) is 1. The molecule has 5 amide bonds. The van der Waals surface area contributed by atoms with Crippen molar-refractivity contribution in [2.75, 3.05) is 25.6 Å². The van der Waals surface area contributed by atoms with Crippen molar-refractivity contribution >= 4 is 53.4 Å². The zero-order valence-corrected chi connectivity index (χ0v) is 29.1. The fraction of sp³-hybridized carbons (Fsp3) is 0.424. The number of carbonyl (C=O) groups is 5. The molecule has 6 atom stereocenters. The molecular weight excluding hydrogens is 710 g/mol. The molecule has 5 aliphatic rings. The molecule has 0 aromatic heterocycles. The Morgan fingerprint density at radius 1 is 0.962 bits per heavy atom. The number of nitrogens with zero attached hydrogens (tertiary/aromatic N) is 1. The van der Waals surface area contributed by atoms with Crippen LogP contribution in [0.25, 0.3) is 0 Å². The van der Waals surface area contributed by atoms with Gasteiger partial charge in [-0.05, 0) is 17.7 Å². The van der Waals surface area contributed by atoms with Crippen LogP contribution in [-0.2, 0) is 16.1 Å². The van der Waals surface area contributed by atoms with E-state index in [1.165, 1.54) is 12.1 Å². The second kappa shape index (κ2) is 14.1. The summed E-state index contributed by atoms with van der Waals surface area (Å²) >= 11 is 1.62. The Balaban J connectivity index is 0.844. The van der Waals surface area contributed by atoms with Crippen molar-refractivity contribution in [3.05, 3.63) is 70.8 Å². The molecule has 20 heteroatoms. The Labute approximate surface area is 306 Å². The molecule has 1 spiro atoms. The molecule has 53 heavy (non-hydrogen) atoms. The van der Waals surface area contributed by atoms with Crippen LogP contribution in [0.15, 0.2) is 48.5 Å². The van der Waals surface area contributed by atoms with Crippen molar-refractivity contribution in [1.82, 2.24) is 37.2 Å². The summed E-state index contributed by atoms with van der Waals surface area (Å²) in [5.41, 5.74) is 12.5. The third-order valence-electron chi connectivity index (χ3n) is 10.1. The van der Waals surface area contributed by atoms with E-state index in [4.69, 9.17) is 16.2 Å². The van der Waals surface area contributed by atoms with Gasteiger partial charge in [0.05, 0.1) is 25.3 Å². The molecule has 0 radical (unpaired) electrons. The van der Waals surface area contributed by atoms with E-state index < -0.39 is 35.5 Å². The number of amides is 5. The van der Waals surface area contributed by atoms with Gasteiger partial charge in [-0.2, -0.15) is 11.8 Å². The van der Waals surface area contributed by atoms with Gasteiger partial charge in [-0.25, -0.2) is 19.5 Å². The third-order valence-corrected chi connectivity index (χ3v) is 11.6. The van der Waals surface area contributed by atoms with E-state index in [9.17, 15) is 34.2 Å². The van der Waals surface area contributed by atoms with Crippen molar-refractivity contribution in [2.24, 2.45) is 11.5 Å². The minimum atomic E-state index is -2.16. The summed E-state index contributed by atoms with van der Waals surface area (Å²) in [6.07, 6.45) is -0.489. The van der Waals surface area contributed by atoms with Crippen molar-refractivity contribution in [2.45, 2.75) is 60.3 Å². The van der Waals surface area contributed by atoms with Gasteiger partial charge in [-0.3, -0.25) is 36.2 Å². The Hall–Kier alpha value is -5.60. The van der Waals surface area contributed by atoms with Crippen molar-refractivity contribution in [1.29, 1.82) is 0 Å². The predicted octanol–water partition coefficient (Wildman–Crippen LogP) is -5.05. The molecular formula is C33H41N11O8S+2. The molecule has 0 saturated carbocycles. The lowest BCUT2D eigenvalue weighted by molar-refractivity contribution is -0.674. The van der Waals surface area contributed by atoms with Gasteiger partial charge in [0.25, 0.3) is 11.6 Å². The average molecular weight is 752 g/mol. The topological polar surface area (TPSA) is 288 Å². The average Bonchev–Trinajstić information content (AvgIpc) is 3.87. The fourth-order valence-corrected chi connectivity index (χ4v) is 8.95. The first-order valence-corrected chi connectivity index (χ1v) is 18.1. The van der Waals surface area contributed by atoms with Crippen LogP contribution < -0.4 is 53.7 Å². The number of nitrogens with one attached hydrogen (secondary N) is 8. The Morgan fingerprint density at radius 2 is 1.66 bits per heavy atom. The molecule has 7 rings (SSSR count). The minimum Gasteiger partial charge on any atom is -0.446 e. The number of rotatable bonds is 11. The monoisotopic (exact) mass is 751 g/mol. The van der Waals surface area contributed by atoms with Gasteiger partial charge in [0.15, 0.2) is 11.8 Å². The second-order valence-corrected chi connectivity index (χ2v) is 14.7. The summed E-state index contributed by atoms with van der Waals surface area (Å²) in [4.78, 5) is 65.3. The third kappa shape index (κ3) is 6.87. The van der Waals surface area contributed by atoms with E-state index >= 15 is 0 Å². The number of carbonyl (C=O) groups excluding carboxylic acids is 5. The van der Waals surface area contributed by atoms with Crippen LogP contribution in [0, 0.1) is 0 Å². The maximum absolute atomic E-state index is 13.1. The number of aliphatic hydroxyl groups is 2. The van der Waals surface area contributed by atoms with Crippen LogP contribution in [0.5, 0.6) is 0 Å². The Bertz CT molecular complexity index is 1890. The molecule has 0 bridgehead atoms. The lowest BCUT2D eigenvalue weighted by Crippen LogP contribution is -2.91. The first-order valence-electron chi connectivity index (χ1n) is 17.0. The first-order chi connectivity index (χ1) is 25.3. The van der Waals surface area contributed by atoms with Gasteiger partial charge >= 0.3 is 24.0 Å². The molecule has 5 heterocycles. The standard InChI is InChI=1S/C33H39N11O8S/c34-28-42-26-20(39-29(35)44-10-9-32(50,51)33(26,44)43-28)13-52-31(49)36-12-16-1-3-17(4-2-16)25(46)18-5-7-19(8-6-18)27(47)38-15-37-23(45)11-22-24-21(14-53-22)40-30(48)41-24/h1-8,20-22,24,26,50-51H,9-15H2,(H10,34,35,36,37,38,39,40,41,42,43,45,47,48,49)/p+2/t20?,21-,22?,24-,26-,33-/m0/s1. The van der Waals surface area contributed by atoms with Crippen LogP contribution in [0.2, 0.25) is 0 Å². The van der Waals surface area contributed by atoms with Crippen LogP contribution in [0.4, 0.5) is 9.59 Å². The number of urea groups is 1. The van der Waals surface area contributed by atoms with Crippen molar-refractivity contribution < 1.29 is 48.5 Å². The number of nitrogens with two attached hydrogens (primary N) is 2. The van der Waals surface area contributed by atoms with Crippen LogP contribution >= 0.6 is 11.8 Å². The Morgan fingerprint density at radius 3 is 2.40 bits per heavy atom. The summed E-state index contributed by atoms with van der Waals surface area (Å²) in [7, 11) is 0. The van der Waals surface area contributed by atoms with E-state index in [0.717, 1.165) is 5.75 Å². The van der Waals surface area contributed by atoms with E-state index in [1.807, 2.05) is 0 Å². The van der Waals surface area contributed by atoms with Crippen LogP contribution in [0.1, 0.15) is 44.7 Å².